The minimum Gasteiger partial charge on any atom is -0.488 e. The summed E-state index contributed by atoms with van der Waals surface area (Å²) >= 11 is 0. The predicted octanol–water partition coefficient (Wildman–Crippen LogP) is 3.96. The van der Waals surface area contributed by atoms with Gasteiger partial charge in [0.15, 0.2) is 0 Å². The van der Waals surface area contributed by atoms with Gasteiger partial charge in [-0.1, -0.05) is 17.7 Å². The fraction of sp³-hybridized carbons (Fsp3) is 0.538. The smallest absolute Gasteiger partial charge is 0.431 e. The van der Waals surface area contributed by atoms with Gasteiger partial charge in [0.05, 0.1) is 6.61 Å². The molecule has 1 unspecified atom stereocenters. The van der Waals surface area contributed by atoms with Crippen LogP contribution in [0.5, 0.6) is 5.75 Å². The van der Waals surface area contributed by atoms with Crippen molar-refractivity contribution in [2.75, 3.05) is 6.61 Å². The Morgan fingerprint density at radius 3 is 1.77 bits per heavy atom. The van der Waals surface area contributed by atoms with Crippen LogP contribution in [0.25, 0.3) is 0 Å². The van der Waals surface area contributed by atoms with Crippen molar-refractivity contribution in [2.45, 2.75) is 37.5 Å². The van der Waals surface area contributed by atoms with Crippen LogP contribution in [0.1, 0.15) is 12.0 Å². The van der Waals surface area contributed by atoms with Crippen molar-refractivity contribution in [1.29, 1.82) is 0 Å². The lowest BCUT2D eigenvalue weighted by molar-refractivity contribution is -0.347. The molecule has 0 aliphatic rings. The fourth-order valence-corrected chi connectivity index (χ4v) is 1.66. The second-order valence-corrected chi connectivity index (χ2v) is 4.74. The predicted molar refractivity (Wildman–Crippen MR) is 63.2 cm³/mol. The van der Waals surface area contributed by atoms with Crippen LogP contribution in [0.4, 0.5) is 30.7 Å². The van der Waals surface area contributed by atoms with Crippen LogP contribution in [0, 0.1) is 6.92 Å². The second kappa shape index (κ2) is 6.31. The molecule has 0 radical (unpaired) electrons. The van der Waals surface area contributed by atoms with Gasteiger partial charge in [-0.05, 0) is 19.1 Å². The summed E-state index contributed by atoms with van der Waals surface area (Å²) in [7, 11) is 0. The lowest BCUT2D eigenvalue weighted by atomic mass is 9.96. The van der Waals surface area contributed by atoms with Crippen LogP contribution >= 0.6 is 0 Å². The zero-order valence-electron chi connectivity index (χ0n) is 11.3. The normalized spacial score (nSPS) is 14.8. The number of halogens is 7. The van der Waals surface area contributed by atoms with Crippen molar-refractivity contribution in [3.05, 3.63) is 29.8 Å². The zero-order valence-corrected chi connectivity index (χ0v) is 11.3. The van der Waals surface area contributed by atoms with Gasteiger partial charge in [-0.25, -0.2) is 4.39 Å². The van der Waals surface area contributed by atoms with Gasteiger partial charge in [0.2, 0.25) is 0 Å². The Bertz CT molecular complexity index is 465. The van der Waals surface area contributed by atoms with Crippen molar-refractivity contribution in [3.8, 4) is 5.75 Å². The highest BCUT2D eigenvalue weighted by Gasteiger charge is 2.72. The molecule has 1 aromatic rings. The van der Waals surface area contributed by atoms with Gasteiger partial charge in [-0.2, -0.15) is 26.3 Å². The number of aliphatic hydroxyl groups is 1. The molecule has 1 atom stereocenters. The minimum atomic E-state index is -6.17. The van der Waals surface area contributed by atoms with Gasteiger partial charge in [0, 0.05) is 6.42 Å². The van der Waals surface area contributed by atoms with Crippen molar-refractivity contribution < 1.29 is 40.6 Å². The number of aliphatic hydroxyl groups excluding tert-OH is 1. The Kier molecular flexibility index (Phi) is 5.32. The number of rotatable bonds is 5. The van der Waals surface area contributed by atoms with Crippen LogP contribution < -0.4 is 4.74 Å². The van der Waals surface area contributed by atoms with E-state index in [0.717, 1.165) is 5.56 Å². The summed E-state index contributed by atoms with van der Waals surface area (Å²) < 4.78 is 93.1. The molecule has 0 amide bonds. The number of benzene rings is 1. The summed E-state index contributed by atoms with van der Waals surface area (Å²) in [5, 5.41) is 8.91. The highest BCUT2D eigenvalue weighted by molar-refractivity contribution is 5.26. The van der Waals surface area contributed by atoms with Crippen molar-refractivity contribution in [3.63, 3.8) is 0 Å². The zero-order chi connectivity index (χ0) is 17.2. The Labute approximate surface area is 121 Å². The van der Waals surface area contributed by atoms with Crippen LogP contribution in [0.3, 0.4) is 0 Å². The van der Waals surface area contributed by atoms with Gasteiger partial charge in [-0.3, -0.25) is 0 Å². The number of hydrogen-bond donors (Lipinski definition) is 1. The molecule has 126 valence electrons. The highest BCUT2D eigenvalue weighted by atomic mass is 19.4. The fourth-order valence-electron chi connectivity index (χ4n) is 1.66. The summed E-state index contributed by atoms with van der Waals surface area (Å²) in [5.74, 6) is -0.0728. The van der Waals surface area contributed by atoms with Gasteiger partial charge in [0.25, 0.3) is 0 Å². The lowest BCUT2D eigenvalue weighted by Gasteiger charge is -2.32. The molecule has 2 nitrogen and oxygen atoms in total. The number of aryl methyl sites for hydroxylation is 1. The van der Waals surface area contributed by atoms with Crippen molar-refractivity contribution in [2.24, 2.45) is 0 Å². The van der Waals surface area contributed by atoms with E-state index >= 15 is 0 Å². The first kappa shape index (κ1) is 18.5. The van der Waals surface area contributed by atoms with E-state index in [1.54, 1.807) is 6.92 Å². The van der Waals surface area contributed by atoms with Crippen LogP contribution in [-0.4, -0.2) is 35.8 Å². The molecule has 0 bridgehead atoms. The molecule has 0 aliphatic carbocycles. The topological polar surface area (TPSA) is 29.5 Å². The molecule has 1 aromatic carbocycles. The molecular formula is C13H13F7O2. The summed E-state index contributed by atoms with van der Waals surface area (Å²) in [6.45, 7) is 0.499. The maximum absolute atomic E-state index is 13.6. The number of alkyl halides is 7. The summed E-state index contributed by atoms with van der Waals surface area (Å²) in [6.07, 6.45) is -16.4. The molecule has 0 aliphatic heterocycles. The monoisotopic (exact) mass is 334 g/mol. The van der Waals surface area contributed by atoms with E-state index < -0.39 is 37.2 Å². The second-order valence-electron chi connectivity index (χ2n) is 4.74. The van der Waals surface area contributed by atoms with E-state index in [2.05, 4.69) is 0 Å². The first-order chi connectivity index (χ1) is 9.90. The van der Waals surface area contributed by atoms with Gasteiger partial charge in [0.1, 0.15) is 11.9 Å². The summed E-state index contributed by atoms with van der Waals surface area (Å²) in [4.78, 5) is 0. The molecule has 0 saturated carbocycles. The highest BCUT2D eigenvalue weighted by Crippen LogP contribution is 2.49. The Morgan fingerprint density at radius 2 is 1.41 bits per heavy atom. The van der Waals surface area contributed by atoms with E-state index in [-0.39, 0.29) is 5.75 Å². The largest absolute Gasteiger partial charge is 0.488 e. The lowest BCUT2D eigenvalue weighted by Crippen LogP contribution is -2.55. The van der Waals surface area contributed by atoms with Crippen molar-refractivity contribution >= 4 is 0 Å². The molecular weight excluding hydrogens is 321 g/mol. The molecule has 1 N–H and O–H groups in total. The van der Waals surface area contributed by atoms with Gasteiger partial charge < -0.3 is 9.84 Å². The standard InChI is InChI=1S/C13H13F7O2/c1-8-2-4-9(5-3-8)22-10(7-21)6-11(14,12(15,16)17)13(18,19)20/h2-5,10,21H,6-7H2,1H3. The van der Waals surface area contributed by atoms with E-state index in [0.29, 0.717) is 0 Å². The Morgan fingerprint density at radius 1 is 0.955 bits per heavy atom. The molecule has 9 heteroatoms. The molecule has 0 fully saturated rings. The average molecular weight is 334 g/mol. The van der Waals surface area contributed by atoms with Gasteiger partial charge >= 0.3 is 18.0 Å². The third-order valence-corrected chi connectivity index (χ3v) is 2.93. The van der Waals surface area contributed by atoms with E-state index in [9.17, 15) is 30.7 Å². The van der Waals surface area contributed by atoms with E-state index in [1.807, 2.05) is 0 Å². The molecule has 22 heavy (non-hydrogen) atoms. The average Bonchev–Trinajstić information content (AvgIpc) is 2.37. The Hall–Kier alpha value is -1.51. The van der Waals surface area contributed by atoms with Crippen molar-refractivity contribution in [1.82, 2.24) is 0 Å². The maximum Gasteiger partial charge on any atom is 0.431 e. The molecule has 0 spiro atoms. The molecule has 0 aromatic heterocycles. The first-order valence-electron chi connectivity index (χ1n) is 6.07. The van der Waals surface area contributed by atoms with E-state index in [4.69, 9.17) is 9.84 Å². The quantitative estimate of drug-likeness (QED) is 0.826. The number of hydrogen-bond acceptors (Lipinski definition) is 2. The third kappa shape index (κ3) is 4.02. The minimum absolute atomic E-state index is 0.0728. The first-order valence-corrected chi connectivity index (χ1v) is 6.07. The third-order valence-electron chi connectivity index (χ3n) is 2.93. The SMILES string of the molecule is Cc1ccc(OC(CO)CC(F)(C(F)(F)F)C(F)(F)F)cc1. The van der Waals surface area contributed by atoms with Crippen LogP contribution in [0.2, 0.25) is 0 Å². The molecule has 0 heterocycles. The molecule has 0 saturated heterocycles. The summed E-state index contributed by atoms with van der Waals surface area (Å²) in [5.41, 5.74) is -4.68. The maximum atomic E-state index is 13.6. The Balaban J connectivity index is 2.97. The summed E-state index contributed by atoms with van der Waals surface area (Å²) in [6, 6.07) is 5.58. The molecule has 1 rings (SSSR count). The number of ether oxygens (including phenoxy) is 1. The van der Waals surface area contributed by atoms with Gasteiger partial charge in [-0.15, -0.1) is 0 Å². The van der Waals surface area contributed by atoms with Crippen LogP contribution in [-0.2, 0) is 0 Å². The van der Waals surface area contributed by atoms with E-state index in [1.165, 1.54) is 24.3 Å². The van der Waals surface area contributed by atoms with Crippen LogP contribution in [0.15, 0.2) is 24.3 Å².